The Morgan fingerprint density at radius 2 is 1.75 bits per heavy atom. The summed E-state index contributed by atoms with van der Waals surface area (Å²) in [5.41, 5.74) is 0. The molecule has 2 amide bonds. The highest BCUT2D eigenvalue weighted by Crippen LogP contribution is 2.02. The summed E-state index contributed by atoms with van der Waals surface area (Å²) in [5.74, 6) is -0.769. The van der Waals surface area contributed by atoms with Crippen LogP contribution in [0.15, 0.2) is 0 Å². The molecule has 1 saturated heterocycles. The smallest absolute Gasteiger partial charge is 0.317 e. The molecule has 0 bridgehead atoms. The molecule has 0 spiro atoms. The third-order valence-electron chi connectivity index (χ3n) is 3.42. The van der Waals surface area contributed by atoms with Gasteiger partial charge in [-0.05, 0) is 12.8 Å². The molecule has 0 aromatic rings. The lowest BCUT2D eigenvalue weighted by atomic mass is 10.2. The lowest BCUT2D eigenvalue weighted by Crippen LogP contribution is -2.52. The van der Waals surface area contributed by atoms with E-state index in [0.29, 0.717) is 32.6 Å². The molecule has 1 aliphatic rings. The van der Waals surface area contributed by atoms with Crippen LogP contribution in [0.5, 0.6) is 0 Å². The molecule has 0 aromatic heterocycles. The van der Waals surface area contributed by atoms with Gasteiger partial charge in [-0.2, -0.15) is 0 Å². The van der Waals surface area contributed by atoms with E-state index in [9.17, 15) is 9.59 Å². The monoisotopic (exact) mass is 287 g/mol. The third-order valence-corrected chi connectivity index (χ3v) is 3.42. The molecule has 0 saturated carbocycles. The fourth-order valence-electron chi connectivity index (χ4n) is 2.20. The first-order valence-electron chi connectivity index (χ1n) is 7.21. The molecular weight excluding hydrogens is 262 g/mol. The van der Waals surface area contributed by atoms with E-state index in [2.05, 4.69) is 10.2 Å². The number of urea groups is 1. The Morgan fingerprint density at radius 3 is 2.35 bits per heavy atom. The molecule has 3 N–H and O–H groups in total. The first-order valence-corrected chi connectivity index (χ1v) is 7.21. The number of carboxylic acid groups (broad SMARTS) is 1. The molecule has 20 heavy (non-hydrogen) atoms. The van der Waals surface area contributed by atoms with E-state index < -0.39 is 5.97 Å². The molecule has 0 radical (unpaired) electrons. The Morgan fingerprint density at radius 1 is 1.05 bits per heavy atom. The molecule has 0 aliphatic carbocycles. The summed E-state index contributed by atoms with van der Waals surface area (Å²) in [7, 11) is 0. The Balaban J connectivity index is 2.04. The van der Waals surface area contributed by atoms with Gasteiger partial charge in [-0.3, -0.25) is 9.69 Å². The van der Waals surface area contributed by atoms with Crippen LogP contribution in [0, 0.1) is 0 Å². The molecule has 1 heterocycles. The van der Waals surface area contributed by atoms with Gasteiger partial charge in [0.05, 0.1) is 6.61 Å². The van der Waals surface area contributed by atoms with Crippen LogP contribution in [0.2, 0.25) is 0 Å². The molecule has 7 heteroatoms. The lowest BCUT2D eigenvalue weighted by Gasteiger charge is -2.34. The van der Waals surface area contributed by atoms with Gasteiger partial charge in [0, 0.05) is 45.7 Å². The molecule has 116 valence electrons. The number of hydrogen-bond donors (Lipinski definition) is 3. The van der Waals surface area contributed by atoms with Gasteiger partial charge in [0.2, 0.25) is 0 Å². The van der Waals surface area contributed by atoms with Crippen molar-refractivity contribution in [3.8, 4) is 0 Å². The largest absolute Gasteiger partial charge is 0.481 e. The standard InChI is InChI=1S/C13H25N3O4/c17-11-10-15-6-8-16(9-7-15)13(20)14-5-3-1-2-4-12(18)19/h17H,1-11H2,(H,14,20)(H,18,19). The Bertz CT molecular complexity index is 304. The number of nitrogens with zero attached hydrogens (tertiary/aromatic N) is 2. The number of piperazine rings is 1. The summed E-state index contributed by atoms with van der Waals surface area (Å²) in [6.45, 7) is 4.38. The summed E-state index contributed by atoms with van der Waals surface area (Å²) >= 11 is 0. The number of aliphatic carboxylic acids is 1. The Hall–Kier alpha value is -1.34. The van der Waals surface area contributed by atoms with Crippen molar-refractivity contribution in [2.45, 2.75) is 25.7 Å². The van der Waals surface area contributed by atoms with Gasteiger partial charge in [-0.25, -0.2) is 4.79 Å². The highest BCUT2D eigenvalue weighted by Gasteiger charge is 2.19. The number of amides is 2. The maximum Gasteiger partial charge on any atom is 0.317 e. The van der Waals surface area contributed by atoms with E-state index in [1.54, 1.807) is 4.90 Å². The van der Waals surface area contributed by atoms with E-state index in [1.165, 1.54) is 0 Å². The van der Waals surface area contributed by atoms with Crippen LogP contribution in [0.3, 0.4) is 0 Å². The van der Waals surface area contributed by atoms with Crippen molar-refractivity contribution in [2.75, 3.05) is 45.9 Å². The van der Waals surface area contributed by atoms with Gasteiger partial charge in [0.25, 0.3) is 0 Å². The van der Waals surface area contributed by atoms with Crippen LogP contribution in [-0.4, -0.2) is 77.9 Å². The number of β-amino-alcohol motifs (C(OH)–C–C–N with tert-alkyl or cyclic N) is 1. The van der Waals surface area contributed by atoms with Crippen molar-refractivity contribution in [3.05, 3.63) is 0 Å². The van der Waals surface area contributed by atoms with Gasteiger partial charge in [0.1, 0.15) is 0 Å². The van der Waals surface area contributed by atoms with E-state index in [-0.39, 0.29) is 19.1 Å². The topological polar surface area (TPSA) is 93.1 Å². The first kappa shape index (κ1) is 16.7. The van der Waals surface area contributed by atoms with Crippen LogP contribution in [0.25, 0.3) is 0 Å². The average molecular weight is 287 g/mol. The molecular formula is C13H25N3O4. The second-order valence-corrected chi connectivity index (χ2v) is 4.99. The van der Waals surface area contributed by atoms with Crippen LogP contribution < -0.4 is 5.32 Å². The number of hydrogen-bond acceptors (Lipinski definition) is 4. The number of carbonyl (C=O) groups excluding carboxylic acids is 1. The van der Waals surface area contributed by atoms with Crippen molar-refractivity contribution in [1.82, 2.24) is 15.1 Å². The van der Waals surface area contributed by atoms with E-state index in [1.807, 2.05) is 0 Å². The number of rotatable bonds is 8. The summed E-state index contributed by atoms with van der Waals surface area (Å²) in [6, 6.07) is -0.0492. The second kappa shape index (κ2) is 9.55. The van der Waals surface area contributed by atoms with Crippen molar-refractivity contribution in [3.63, 3.8) is 0 Å². The second-order valence-electron chi connectivity index (χ2n) is 4.99. The molecule has 1 rings (SSSR count). The summed E-state index contributed by atoms with van der Waals surface area (Å²) < 4.78 is 0. The Kier molecular flexibility index (Phi) is 7.98. The number of nitrogens with one attached hydrogen (secondary N) is 1. The zero-order valence-corrected chi connectivity index (χ0v) is 11.9. The fraction of sp³-hybridized carbons (Fsp3) is 0.846. The van der Waals surface area contributed by atoms with Gasteiger partial charge < -0.3 is 20.4 Å². The molecule has 0 unspecified atom stereocenters. The lowest BCUT2D eigenvalue weighted by molar-refractivity contribution is -0.137. The zero-order chi connectivity index (χ0) is 14.8. The summed E-state index contributed by atoms with van der Waals surface area (Å²) in [5, 5.41) is 20.2. The van der Waals surface area contributed by atoms with Crippen LogP contribution in [0.1, 0.15) is 25.7 Å². The minimum atomic E-state index is -0.769. The predicted octanol–water partition coefficient (Wildman–Crippen LogP) is -0.0491. The maximum absolute atomic E-state index is 11.9. The number of carboxylic acids is 1. The molecule has 0 atom stereocenters. The Labute approximate surface area is 119 Å². The van der Waals surface area contributed by atoms with Gasteiger partial charge in [0.15, 0.2) is 0 Å². The van der Waals surface area contributed by atoms with Gasteiger partial charge in [-0.1, -0.05) is 6.42 Å². The third kappa shape index (κ3) is 6.72. The average Bonchev–Trinajstić information content (AvgIpc) is 2.43. The zero-order valence-electron chi connectivity index (χ0n) is 11.9. The van der Waals surface area contributed by atoms with E-state index in [0.717, 1.165) is 25.9 Å². The number of carbonyl (C=O) groups is 2. The van der Waals surface area contributed by atoms with Crippen LogP contribution in [0.4, 0.5) is 4.79 Å². The van der Waals surface area contributed by atoms with E-state index in [4.69, 9.17) is 10.2 Å². The van der Waals surface area contributed by atoms with Crippen LogP contribution in [-0.2, 0) is 4.79 Å². The fourth-order valence-corrected chi connectivity index (χ4v) is 2.20. The summed E-state index contributed by atoms with van der Waals surface area (Å²) in [6.07, 6.45) is 2.48. The SMILES string of the molecule is O=C(O)CCCCCNC(=O)N1CCN(CCO)CC1. The highest BCUT2D eigenvalue weighted by molar-refractivity contribution is 5.74. The van der Waals surface area contributed by atoms with Crippen LogP contribution >= 0.6 is 0 Å². The number of unbranched alkanes of at least 4 members (excludes halogenated alkanes) is 2. The first-order chi connectivity index (χ1) is 9.63. The van der Waals surface area contributed by atoms with Gasteiger partial charge >= 0.3 is 12.0 Å². The predicted molar refractivity (Wildman–Crippen MR) is 74.6 cm³/mol. The summed E-state index contributed by atoms with van der Waals surface area (Å²) in [4.78, 5) is 26.1. The minimum absolute atomic E-state index is 0.0492. The van der Waals surface area contributed by atoms with Crippen molar-refractivity contribution in [2.24, 2.45) is 0 Å². The van der Waals surface area contributed by atoms with E-state index >= 15 is 0 Å². The normalized spacial score (nSPS) is 16.1. The quantitative estimate of drug-likeness (QED) is 0.544. The number of aliphatic hydroxyl groups is 1. The molecule has 7 nitrogen and oxygen atoms in total. The van der Waals surface area contributed by atoms with Gasteiger partial charge in [-0.15, -0.1) is 0 Å². The number of aliphatic hydroxyl groups excluding tert-OH is 1. The molecule has 1 fully saturated rings. The van der Waals surface area contributed by atoms with Crippen molar-refractivity contribution >= 4 is 12.0 Å². The maximum atomic E-state index is 11.9. The van der Waals surface area contributed by atoms with Crippen molar-refractivity contribution < 1.29 is 19.8 Å². The molecule has 1 aliphatic heterocycles. The minimum Gasteiger partial charge on any atom is -0.481 e. The molecule has 0 aromatic carbocycles. The van der Waals surface area contributed by atoms with Crippen molar-refractivity contribution in [1.29, 1.82) is 0 Å². The highest BCUT2D eigenvalue weighted by atomic mass is 16.4.